The van der Waals surface area contributed by atoms with Crippen molar-refractivity contribution in [3.63, 3.8) is 0 Å². The molecule has 27 heavy (non-hydrogen) atoms. The van der Waals surface area contributed by atoms with E-state index in [-0.39, 0.29) is 10.5 Å². The van der Waals surface area contributed by atoms with Crippen LogP contribution in [0.4, 0.5) is 5.13 Å². The maximum atomic E-state index is 12.7. The Bertz CT molecular complexity index is 909. The fraction of sp³-hybridized carbons (Fsp3) is 0.471. The third kappa shape index (κ3) is 5.34. The molecule has 1 heterocycles. The second-order valence-corrected chi connectivity index (χ2v) is 10.1. The van der Waals surface area contributed by atoms with Crippen LogP contribution in [0.2, 0.25) is 0 Å². The molecule has 0 bridgehead atoms. The van der Waals surface area contributed by atoms with Gasteiger partial charge in [-0.2, -0.15) is 4.31 Å². The fourth-order valence-electron chi connectivity index (χ4n) is 2.45. The molecule has 0 aliphatic rings. The number of amides is 1. The molecule has 1 amide bonds. The molecule has 10 heteroatoms. The predicted octanol–water partition coefficient (Wildman–Crippen LogP) is 3.78. The van der Waals surface area contributed by atoms with Gasteiger partial charge in [0.05, 0.1) is 10.5 Å². The van der Waals surface area contributed by atoms with Crippen molar-refractivity contribution in [1.82, 2.24) is 14.5 Å². The summed E-state index contributed by atoms with van der Waals surface area (Å²) in [5.74, 6) is 0.00308. The second-order valence-electron chi connectivity index (χ2n) is 6.28. The number of nitrogens with one attached hydrogen (secondary N) is 1. The van der Waals surface area contributed by atoms with E-state index < -0.39 is 15.9 Å². The molecule has 148 valence electrons. The summed E-state index contributed by atoms with van der Waals surface area (Å²) in [6.45, 7) is 8.44. The van der Waals surface area contributed by atoms with Gasteiger partial charge >= 0.3 is 0 Å². The first-order valence-corrected chi connectivity index (χ1v) is 11.7. The van der Waals surface area contributed by atoms with Crippen molar-refractivity contribution in [3.8, 4) is 0 Å². The zero-order valence-electron chi connectivity index (χ0n) is 15.7. The van der Waals surface area contributed by atoms with E-state index in [0.29, 0.717) is 28.6 Å². The molecule has 2 aromatic rings. The Labute approximate surface area is 172 Å². The van der Waals surface area contributed by atoms with Crippen LogP contribution in [0.5, 0.6) is 0 Å². The van der Waals surface area contributed by atoms with Crippen molar-refractivity contribution in [1.29, 1.82) is 0 Å². The van der Waals surface area contributed by atoms with Crippen molar-refractivity contribution in [2.75, 3.05) is 18.4 Å². The van der Waals surface area contributed by atoms with Gasteiger partial charge in [0.2, 0.25) is 15.2 Å². The first-order chi connectivity index (χ1) is 12.7. The van der Waals surface area contributed by atoms with Gasteiger partial charge in [-0.1, -0.05) is 39.0 Å². The van der Waals surface area contributed by atoms with Gasteiger partial charge in [-0.25, -0.2) is 8.42 Å². The summed E-state index contributed by atoms with van der Waals surface area (Å²) >= 11 is 4.63. The third-order valence-electron chi connectivity index (χ3n) is 3.80. The van der Waals surface area contributed by atoms with Gasteiger partial charge in [-0.05, 0) is 40.0 Å². The molecule has 0 atom stereocenters. The quantitative estimate of drug-likeness (QED) is 0.628. The molecule has 1 aromatic heterocycles. The minimum atomic E-state index is -3.65. The van der Waals surface area contributed by atoms with Crippen molar-refractivity contribution in [2.24, 2.45) is 5.92 Å². The Balaban J connectivity index is 2.27. The predicted molar refractivity (Wildman–Crippen MR) is 111 cm³/mol. The number of benzene rings is 1. The maximum absolute atomic E-state index is 12.7. The molecule has 2 rings (SSSR count). The molecular formula is C17H23BrN4O3S2. The Hall–Kier alpha value is -1.36. The highest BCUT2D eigenvalue weighted by atomic mass is 79.9. The summed E-state index contributed by atoms with van der Waals surface area (Å²) in [6.07, 6.45) is 0.787. The van der Waals surface area contributed by atoms with Crippen LogP contribution < -0.4 is 5.32 Å². The first kappa shape index (κ1) is 21.9. The lowest BCUT2D eigenvalue weighted by molar-refractivity contribution is 0.102. The van der Waals surface area contributed by atoms with E-state index in [9.17, 15) is 13.2 Å². The van der Waals surface area contributed by atoms with Crippen LogP contribution in [0, 0.1) is 5.92 Å². The lowest BCUT2D eigenvalue weighted by atomic mass is 10.1. The van der Waals surface area contributed by atoms with Gasteiger partial charge in [-0.3, -0.25) is 10.1 Å². The third-order valence-corrected chi connectivity index (χ3v) is 7.39. The average molecular weight is 475 g/mol. The first-order valence-electron chi connectivity index (χ1n) is 8.62. The normalized spacial score (nSPS) is 12.0. The monoisotopic (exact) mass is 474 g/mol. The molecule has 0 aliphatic carbocycles. The molecule has 0 aliphatic heterocycles. The standard InChI is InChI=1S/C17H23BrN4O3S2/c1-5-22(6-2)27(24,25)12-7-8-14(18)13(10-12)16(23)19-17-21-20-15(26-17)9-11(3)4/h7-8,10-11H,5-6,9H2,1-4H3,(H,19,21,23). The molecule has 1 aromatic carbocycles. The van der Waals surface area contributed by atoms with Crippen LogP contribution in [-0.2, 0) is 16.4 Å². The Morgan fingerprint density at radius 1 is 1.26 bits per heavy atom. The van der Waals surface area contributed by atoms with E-state index >= 15 is 0 Å². The number of halogens is 1. The van der Waals surface area contributed by atoms with Gasteiger partial charge in [0.25, 0.3) is 5.91 Å². The Morgan fingerprint density at radius 3 is 2.52 bits per heavy atom. The largest absolute Gasteiger partial charge is 0.296 e. The van der Waals surface area contributed by atoms with Crippen LogP contribution >= 0.6 is 27.3 Å². The van der Waals surface area contributed by atoms with Crippen molar-refractivity contribution in [3.05, 3.63) is 33.2 Å². The molecule has 0 radical (unpaired) electrons. The number of hydrogen-bond donors (Lipinski definition) is 1. The summed E-state index contributed by atoms with van der Waals surface area (Å²) in [4.78, 5) is 12.7. The van der Waals surface area contributed by atoms with Crippen LogP contribution in [0.3, 0.4) is 0 Å². The smallest absolute Gasteiger partial charge is 0.258 e. The van der Waals surface area contributed by atoms with E-state index in [1.807, 2.05) is 0 Å². The summed E-state index contributed by atoms with van der Waals surface area (Å²) in [5.41, 5.74) is 0.226. The molecule has 0 saturated heterocycles. The molecule has 0 saturated carbocycles. The maximum Gasteiger partial charge on any atom is 0.258 e. The topological polar surface area (TPSA) is 92.3 Å². The average Bonchev–Trinajstić information content (AvgIpc) is 3.01. The lowest BCUT2D eigenvalue weighted by Crippen LogP contribution is -2.30. The highest BCUT2D eigenvalue weighted by Gasteiger charge is 2.24. The highest BCUT2D eigenvalue weighted by molar-refractivity contribution is 9.10. The zero-order chi connectivity index (χ0) is 20.2. The highest BCUT2D eigenvalue weighted by Crippen LogP contribution is 2.25. The number of sulfonamides is 1. The number of carbonyl (C=O) groups excluding carboxylic acids is 1. The van der Waals surface area contributed by atoms with Gasteiger partial charge in [0, 0.05) is 24.0 Å². The summed E-state index contributed by atoms with van der Waals surface area (Å²) in [5, 5.41) is 12.0. The van der Waals surface area contributed by atoms with Gasteiger partial charge in [0.1, 0.15) is 5.01 Å². The number of carbonyl (C=O) groups is 1. The minimum absolute atomic E-state index is 0.0808. The van der Waals surface area contributed by atoms with Crippen molar-refractivity contribution < 1.29 is 13.2 Å². The van der Waals surface area contributed by atoms with Gasteiger partial charge in [0.15, 0.2) is 0 Å². The van der Waals surface area contributed by atoms with Crippen LogP contribution in [0.15, 0.2) is 27.6 Å². The van der Waals surface area contributed by atoms with E-state index in [4.69, 9.17) is 0 Å². The van der Waals surface area contributed by atoms with E-state index in [0.717, 1.165) is 11.4 Å². The SMILES string of the molecule is CCN(CC)S(=O)(=O)c1ccc(Br)c(C(=O)Nc2nnc(CC(C)C)s2)c1. The van der Waals surface area contributed by atoms with Gasteiger partial charge < -0.3 is 0 Å². The van der Waals surface area contributed by atoms with Crippen LogP contribution in [-0.4, -0.2) is 41.9 Å². The molecule has 0 unspecified atom stereocenters. The number of nitrogens with zero attached hydrogens (tertiary/aromatic N) is 3. The number of aromatic nitrogens is 2. The Morgan fingerprint density at radius 2 is 1.93 bits per heavy atom. The summed E-state index contributed by atoms with van der Waals surface area (Å²) in [7, 11) is -3.65. The Kier molecular flexibility index (Phi) is 7.49. The van der Waals surface area contributed by atoms with Crippen molar-refractivity contribution >= 4 is 48.3 Å². The molecule has 1 N–H and O–H groups in total. The summed E-state index contributed by atoms with van der Waals surface area (Å²) in [6, 6.07) is 4.43. The van der Waals surface area contributed by atoms with Crippen LogP contribution in [0.25, 0.3) is 0 Å². The zero-order valence-corrected chi connectivity index (χ0v) is 18.9. The summed E-state index contributed by atoms with van der Waals surface area (Å²) < 4.78 is 27.3. The fourth-order valence-corrected chi connectivity index (χ4v) is 5.31. The van der Waals surface area contributed by atoms with Crippen molar-refractivity contribution in [2.45, 2.75) is 39.0 Å². The number of rotatable bonds is 8. The van der Waals surface area contributed by atoms with Crippen LogP contribution in [0.1, 0.15) is 43.1 Å². The molecule has 0 spiro atoms. The molecule has 7 nitrogen and oxygen atoms in total. The minimum Gasteiger partial charge on any atom is -0.296 e. The van der Waals surface area contributed by atoms with E-state index in [1.54, 1.807) is 19.9 Å². The second kappa shape index (κ2) is 9.22. The number of hydrogen-bond acceptors (Lipinski definition) is 6. The molecular weight excluding hydrogens is 452 g/mol. The van der Waals surface area contributed by atoms with Gasteiger partial charge in [-0.15, -0.1) is 10.2 Å². The van der Waals surface area contributed by atoms with E-state index in [2.05, 4.69) is 45.3 Å². The van der Waals surface area contributed by atoms with E-state index in [1.165, 1.54) is 27.8 Å². The molecule has 0 fully saturated rings. The lowest BCUT2D eigenvalue weighted by Gasteiger charge is -2.19. The number of anilines is 1.